The Morgan fingerprint density at radius 3 is 2.47 bits per heavy atom. The van der Waals surface area contributed by atoms with Crippen LogP contribution in [0.5, 0.6) is 5.75 Å². The number of methoxy groups -OCH3 is 1. The van der Waals surface area contributed by atoms with Crippen LogP contribution < -0.4 is 20.7 Å². The molecule has 1 aliphatic carbocycles. The third kappa shape index (κ3) is 5.12. The summed E-state index contributed by atoms with van der Waals surface area (Å²) in [4.78, 5) is 40.4. The first kappa shape index (κ1) is 21.1. The van der Waals surface area contributed by atoms with Gasteiger partial charge < -0.3 is 25.1 Å². The first-order chi connectivity index (χ1) is 15.5. The number of hydrogen-bond donors (Lipinski definition) is 3. The zero-order valence-corrected chi connectivity index (χ0v) is 17.4. The van der Waals surface area contributed by atoms with Crippen LogP contribution in [0.4, 0.5) is 11.4 Å². The number of nitrogens with zero attached hydrogens (tertiary/aromatic N) is 1. The molecule has 1 saturated carbocycles. The van der Waals surface area contributed by atoms with Crippen LogP contribution in [-0.4, -0.2) is 29.8 Å². The summed E-state index contributed by atoms with van der Waals surface area (Å²) in [6, 6.07) is 11.9. The lowest BCUT2D eigenvalue weighted by molar-refractivity contribution is -0.132. The van der Waals surface area contributed by atoms with Gasteiger partial charge in [-0.15, -0.1) is 0 Å². The van der Waals surface area contributed by atoms with Gasteiger partial charge in [-0.05, 0) is 42.7 Å². The van der Waals surface area contributed by atoms with Crippen molar-refractivity contribution in [1.29, 1.82) is 0 Å². The normalized spacial score (nSPS) is 12.7. The molecule has 164 valence electrons. The average molecular weight is 434 g/mol. The zero-order valence-electron chi connectivity index (χ0n) is 17.4. The molecule has 32 heavy (non-hydrogen) atoms. The Balaban J connectivity index is 1.36. The second-order valence-electron chi connectivity index (χ2n) is 7.38. The molecular formula is C23H22N4O5. The summed E-state index contributed by atoms with van der Waals surface area (Å²) in [6.45, 7) is 0.364. The van der Waals surface area contributed by atoms with E-state index in [0.717, 1.165) is 18.4 Å². The molecule has 0 radical (unpaired) electrons. The highest BCUT2D eigenvalue weighted by Crippen LogP contribution is 2.32. The van der Waals surface area contributed by atoms with Gasteiger partial charge >= 0.3 is 11.8 Å². The van der Waals surface area contributed by atoms with Crippen molar-refractivity contribution < 1.29 is 23.5 Å². The van der Waals surface area contributed by atoms with E-state index >= 15 is 0 Å². The maximum Gasteiger partial charge on any atom is 0.314 e. The van der Waals surface area contributed by atoms with Gasteiger partial charge in [0.25, 0.3) is 0 Å². The van der Waals surface area contributed by atoms with Gasteiger partial charge in [-0.3, -0.25) is 14.4 Å². The molecule has 9 heteroatoms. The maximum atomic E-state index is 12.4. The van der Waals surface area contributed by atoms with Crippen molar-refractivity contribution in [3.05, 3.63) is 60.6 Å². The van der Waals surface area contributed by atoms with Gasteiger partial charge in [0.1, 0.15) is 5.75 Å². The first-order valence-corrected chi connectivity index (χ1v) is 10.1. The van der Waals surface area contributed by atoms with E-state index in [1.54, 1.807) is 42.6 Å². The third-order valence-corrected chi connectivity index (χ3v) is 4.96. The van der Waals surface area contributed by atoms with Crippen LogP contribution in [0, 0.1) is 5.92 Å². The van der Waals surface area contributed by atoms with Gasteiger partial charge in [0, 0.05) is 29.9 Å². The summed E-state index contributed by atoms with van der Waals surface area (Å²) in [5.41, 5.74) is 2.34. The quantitative estimate of drug-likeness (QED) is 0.492. The molecule has 3 N–H and O–H groups in total. The number of anilines is 2. The molecule has 3 amide bonds. The highest BCUT2D eigenvalue weighted by Gasteiger charge is 2.29. The van der Waals surface area contributed by atoms with Gasteiger partial charge in [-0.1, -0.05) is 12.1 Å². The van der Waals surface area contributed by atoms with Gasteiger partial charge in [-0.25, -0.2) is 4.98 Å². The molecule has 0 aliphatic heterocycles. The van der Waals surface area contributed by atoms with Crippen LogP contribution in [0.3, 0.4) is 0 Å². The van der Waals surface area contributed by atoms with Crippen molar-refractivity contribution in [2.45, 2.75) is 19.4 Å². The average Bonchev–Trinajstić information content (AvgIpc) is 3.52. The molecule has 2 aromatic carbocycles. The van der Waals surface area contributed by atoms with Crippen molar-refractivity contribution in [2.24, 2.45) is 5.92 Å². The summed E-state index contributed by atoms with van der Waals surface area (Å²) in [5.74, 6) is -0.491. The van der Waals surface area contributed by atoms with E-state index in [1.165, 1.54) is 13.5 Å². The van der Waals surface area contributed by atoms with Crippen LogP contribution >= 0.6 is 0 Å². The first-order valence-electron chi connectivity index (χ1n) is 10.1. The Morgan fingerprint density at radius 2 is 1.81 bits per heavy atom. The number of hydrogen-bond acceptors (Lipinski definition) is 6. The summed E-state index contributed by atoms with van der Waals surface area (Å²) < 4.78 is 10.6. The van der Waals surface area contributed by atoms with Crippen molar-refractivity contribution in [3.8, 4) is 17.1 Å². The fourth-order valence-electron chi connectivity index (χ4n) is 3.14. The predicted octanol–water partition coefficient (Wildman–Crippen LogP) is 2.95. The molecule has 1 heterocycles. The number of benzene rings is 2. The number of carbonyl (C=O) groups is 3. The van der Waals surface area contributed by atoms with E-state index in [2.05, 4.69) is 20.9 Å². The van der Waals surface area contributed by atoms with Crippen molar-refractivity contribution in [3.63, 3.8) is 0 Å². The molecule has 0 bridgehead atoms. The summed E-state index contributed by atoms with van der Waals surface area (Å²) in [5, 5.41) is 7.99. The monoisotopic (exact) mass is 434 g/mol. The summed E-state index contributed by atoms with van der Waals surface area (Å²) >= 11 is 0. The lowest BCUT2D eigenvalue weighted by Crippen LogP contribution is -2.29. The minimum atomic E-state index is -0.827. The Kier molecular flexibility index (Phi) is 6.16. The molecule has 0 saturated heterocycles. The molecule has 0 spiro atoms. The van der Waals surface area contributed by atoms with Crippen LogP contribution in [-0.2, 0) is 20.9 Å². The van der Waals surface area contributed by atoms with E-state index in [1.807, 2.05) is 6.07 Å². The zero-order chi connectivity index (χ0) is 22.5. The van der Waals surface area contributed by atoms with Gasteiger partial charge in [0.15, 0.2) is 12.2 Å². The maximum absolute atomic E-state index is 12.4. The standard InChI is InChI=1S/C23H22N4O5/c1-31-19-10-17(7-8-18(19)20-12-24-13-32-20)27-23(30)22(29)26-16-4-2-3-14(9-16)11-25-21(28)15-5-6-15/h2-4,7-10,12-13,15H,5-6,11H2,1H3,(H,25,28)(H,26,29)(H,27,30). The number of aromatic nitrogens is 1. The van der Waals surface area contributed by atoms with E-state index < -0.39 is 11.8 Å². The van der Waals surface area contributed by atoms with Crippen molar-refractivity contribution in [1.82, 2.24) is 10.3 Å². The van der Waals surface area contributed by atoms with Crippen LogP contribution in [0.15, 0.2) is 59.5 Å². The molecule has 1 fully saturated rings. The minimum absolute atomic E-state index is 0.0450. The number of carbonyl (C=O) groups excluding carboxylic acids is 3. The highest BCUT2D eigenvalue weighted by atomic mass is 16.5. The Bertz CT molecular complexity index is 1140. The second kappa shape index (κ2) is 9.34. The van der Waals surface area contributed by atoms with Crippen molar-refractivity contribution in [2.75, 3.05) is 17.7 Å². The fourth-order valence-corrected chi connectivity index (χ4v) is 3.14. The van der Waals surface area contributed by atoms with E-state index in [0.29, 0.717) is 35.0 Å². The van der Waals surface area contributed by atoms with Gasteiger partial charge in [-0.2, -0.15) is 0 Å². The van der Waals surface area contributed by atoms with Crippen LogP contribution in [0.25, 0.3) is 11.3 Å². The summed E-state index contributed by atoms with van der Waals surface area (Å²) in [6.07, 6.45) is 4.73. The molecule has 3 aromatic rings. The highest BCUT2D eigenvalue weighted by molar-refractivity contribution is 6.43. The second-order valence-corrected chi connectivity index (χ2v) is 7.38. The lowest BCUT2D eigenvalue weighted by atomic mass is 10.1. The third-order valence-electron chi connectivity index (χ3n) is 4.96. The van der Waals surface area contributed by atoms with Gasteiger partial charge in [0.05, 0.1) is 18.9 Å². The molecule has 9 nitrogen and oxygen atoms in total. The van der Waals surface area contributed by atoms with E-state index in [-0.39, 0.29) is 11.8 Å². The Morgan fingerprint density at radius 1 is 1.06 bits per heavy atom. The Hall–Kier alpha value is -4.14. The molecule has 1 aromatic heterocycles. The lowest BCUT2D eigenvalue weighted by Gasteiger charge is -2.11. The molecule has 0 atom stereocenters. The largest absolute Gasteiger partial charge is 0.496 e. The molecular weight excluding hydrogens is 412 g/mol. The fraction of sp³-hybridized carbons (Fsp3) is 0.217. The van der Waals surface area contributed by atoms with Crippen LogP contribution in [0.1, 0.15) is 18.4 Å². The minimum Gasteiger partial charge on any atom is -0.496 e. The molecule has 4 rings (SSSR count). The Labute approximate surface area is 184 Å². The smallest absolute Gasteiger partial charge is 0.314 e. The van der Waals surface area contributed by atoms with E-state index in [9.17, 15) is 14.4 Å². The number of amides is 3. The predicted molar refractivity (Wildman–Crippen MR) is 117 cm³/mol. The number of nitrogens with one attached hydrogen (secondary N) is 3. The molecule has 0 unspecified atom stereocenters. The van der Waals surface area contributed by atoms with Crippen molar-refractivity contribution >= 4 is 29.1 Å². The van der Waals surface area contributed by atoms with E-state index in [4.69, 9.17) is 9.15 Å². The molecule has 1 aliphatic rings. The number of oxazole rings is 1. The SMILES string of the molecule is COc1cc(NC(=O)C(=O)Nc2cccc(CNC(=O)C3CC3)c2)ccc1-c1cnco1. The summed E-state index contributed by atoms with van der Waals surface area (Å²) in [7, 11) is 1.49. The number of rotatable bonds is 7. The van der Waals surface area contributed by atoms with Gasteiger partial charge in [0.2, 0.25) is 5.91 Å². The topological polar surface area (TPSA) is 123 Å². The van der Waals surface area contributed by atoms with Crippen LogP contribution in [0.2, 0.25) is 0 Å². The number of ether oxygens (including phenoxy) is 1.